The quantitative estimate of drug-likeness (QED) is 0.796. The summed E-state index contributed by atoms with van der Waals surface area (Å²) in [6, 6.07) is 10.2. The zero-order chi connectivity index (χ0) is 18.5. The van der Waals surface area contributed by atoms with Gasteiger partial charge in [-0.3, -0.25) is 4.79 Å². The molecule has 1 atom stereocenters. The van der Waals surface area contributed by atoms with Gasteiger partial charge in [0.1, 0.15) is 16.9 Å². The second kappa shape index (κ2) is 8.33. The number of amides is 1. The van der Waals surface area contributed by atoms with Crippen LogP contribution in [0.15, 0.2) is 35.4 Å². The smallest absolute Gasteiger partial charge is 0.225 e. The van der Waals surface area contributed by atoms with Crippen LogP contribution in [0.3, 0.4) is 0 Å². The lowest BCUT2D eigenvalue weighted by Crippen LogP contribution is -2.15. The number of anilines is 1. The van der Waals surface area contributed by atoms with E-state index in [4.69, 9.17) is 0 Å². The summed E-state index contributed by atoms with van der Waals surface area (Å²) in [7, 11) is 0. The van der Waals surface area contributed by atoms with Crippen LogP contribution in [0.4, 0.5) is 10.1 Å². The lowest BCUT2D eigenvalue weighted by molar-refractivity contribution is -0.115. The molecule has 0 saturated heterocycles. The monoisotopic (exact) mass is 369 g/mol. The average molecular weight is 369 g/mol. The van der Waals surface area contributed by atoms with Gasteiger partial charge in [-0.05, 0) is 48.9 Å². The van der Waals surface area contributed by atoms with E-state index in [0.717, 1.165) is 25.0 Å². The zero-order valence-corrected chi connectivity index (χ0v) is 15.4. The molecule has 1 unspecified atom stereocenters. The number of nitriles is 1. The number of rotatable bonds is 5. The Kier molecular flexibility index (Phi) is 5.89. The first-order valence-corrected chi connectivity index (χ1v) is 9.65. The van der Waals surface area contributed by atoms with Crippen LogP contribution in [-0.2, 0) is 17.6 Å². The molecule has 1 N–H and O–H groups in total. The van der Waals surface area contributed by atoms with Crippen molar-refractivity contribution in [2.75, 3.05) is 11.1 Å². The Balaban J connectivity index is 1.60. The van der Waals surface area contributed by atoms with E-state index in [1.165, 1.54) is 29.5 Å². The van der Waals surface area contributed by atoms with Gasteiger partial charge in [-0.1, -0.05) is 19.1 Å². The number of halogens is 1. The van der Waals surface area contributed by atoms with Crippen molar-refractivity contribution in [2.45, 2.75) is 37.6 Å². The van der Waals surface area contributed by atoms with E-state index in [1.807, 2.05) is 6.07 Å². The first kappa shape index (κ1) is 18.4. The molecule has 0 radical (unpaired) electrons. The van der Waals surface area contributed by atoms with Crippen LogP contribution in [0.5, 0.6) is 0 Å². The van der Waals surface area contributed by atoms with E-state index >= 15 is 0 Å². The van der Waals surface area contributed by atoms with E-state index in [2.05, 4.69) is 23.3 Å². The Bertz CT molecular complexity index is 863. The molecule has 1 aliphatic carbocycles. The van der Waals surface area contributed by atoms with Crippen LogP contribution in [0.1, 0.15) is 36.6 Å². The van der Waals surface area contributed by atoms with Gasteiger partial charge in [-0.15, -0.1) is 11.8 Å². The molecule has 1 aromatic carbocycles. The maximum absolute atomic E-state index is 13.6. The first-order valence-electron chi connectivity index (χ1n) is 8.67. The number of pyridine rings is 1. The van der Waals surface area contributed by atoms with Gasteiger partial charge in [0, 0.05) is 17.9 Å². The van der Waals surface area contributed by atoms with Gasteiger partial charge in [0.2, 0.25) is 5.91 Å². The molecule has 1 aliphatic rings. The highest BCUT2D eigenvalue weighted by Gasteiger charge is 2.19. The normalized spacial score (nSPS) is 15.8. The van der Waals surface area contributed by atoms with Crippen LogP contribution in [0, 0.1) is 23.1 Å². The molecule has 0 fully saturated rings. The molecule has 26 heavy (non-hydrogen) atoms. The molecule has 2 aromatic rings. The van der Waals surface area contributed by atoms with Crippen LogP contribution >= 0.6 is 11.8 Å². The molecule has 0 spiro atoms. The van der Waals surface area contributed by atoms with Gasteiger partial charge in [0.25, 0.3) is 0 Å². The second-order valence-electron chi connectivity index (χ2n) is 6.53. The Morgan fingerprint density at radius 1 is 1.46 bits per heavy atom. The number of aryl methyl sites for hydroxylation is 1. The van der Waals surface area contributed by atoms with Gasteiger partial charge in [0.15, 0.2) is 0 Å². The standard InChI is InChI=1S/C20H20FN3OS/c1-13-6-7-17-14(10-13)11-15(12-22)20(24-17)26-9-8-19(25)23-18-5-3-2-4-16(18)21/h2-5,11,13H,6-10H2,1H3,(H,23,25). The highest BCUT2D eigenvalue weighted by molar-refractivity contribution is 7.99. The van der Waals surface area contributed by atoms with Gasteiger partial charge in [0.05, 0.1) is 11.3 Å². The van der Waals surface area contributed by atoms with E-state index in [1.54, 1.807) is 12.1 Å². The molecule has 4 nitrogen and oxygen atoms in total. The Morgan fingerprint density at radius 2 is 2.27 bits per heavy atom. The lowest BCUT2D eigenvalue weighted by Gasteiger charge is -2.21. The van der Waals surface area contributed by atoms with Crippen molar-refractivity contribution in [1.82, 2.24) is 4.98 Å². The van der Waals surface area contributed by atoms with Gasteiger partial charge in [-0.2, -0.15) is 5.26 Å². The number of para-hydroxylation sites is 1. The summed E-state index contributed by atoms with van der Waals surface area (Å²) in [6.07, 6.45) is 3.23. The summed E-state index contributed by atoms with van der Waals surface area (Å²) in [5.41, 5.74) is 2.99. The predicted molar refractivity (Wildman–Crippen MR) is 101 cm³/mol. The fourth-order valence-corrected chi connectivity index (χ4v) is 3.95. The summed E-state index contributed by atoms with van der Waals surface area (Å²) in [4.78, 5) is 16.7. The molecule has 0 aliphatic heterocycles. The molecule has 0 bridgehead atoms. The maximum atomic E-state index is 13.6. The minimum atomic E-state index is -0.453. The van der Waals surface area contributed by atoms with E-state index in [-0.39, 0.29) is 18.0 Å². The van der Waals surface area contributed by atoms with E-state index in [9.17, 15) is 14.4 Å². The number of benzene rings is 1. The van der Waals surface area contributed by atoms with Crippen LogP contribution in [-0.4, -0.2) is 16.6 Å². The number of hydrogen-bond acceptors (Lipinski definition) is 4. The van der Waals surface area contributed by atoms with Gasteiger partial charge >= 0.3 is 0 Å². The molecule has 1 heterocycles. The molecule has 6 heteroatoms. The lowest BCUT2D eigenvalue weighted by atomic mass is 9.87. The third-order valence-corrected chi connectivity index (χ3v) is 5.43. The van der Waals surface area contributed by atoms with E-state index < -0.39 is 5.82 Å². The molecular weight excluding hydrogens is 349 g/mol. The van der Waals surface area contributed by atoms with Crippen molar-refractivity contribution < 1.29 is 9.18 Å². The summed E-state index contributed by atoms with van der Waals surface area (Å²) in [5.74, 6) is 0.395. The van der Waals surface area contributed by atoms with Crippen molar-refractivity contribution in [2.24, 2.45) is 5.92 Å². The highest BCUT2D eigenvalue weighted by atomic mass is 32.2. The Hall–Kier alpha value is -2.39. The second-order valence-corrected chi connectivity index (χ2v) is 7.62. The third-order valence-electron chi connectivity index (χ3n) is 4.43. The molecule has 134 valence electrons. The predicted octanol–water partition coefficient (Wildman–Crippen LogP) is 4.34. The summed E-state index contributed by atoms with van der Waals surface area (Å²) < 4.78 is 13.6. The van der Waals surface area contributed by atoms with Crippen molar-refractivity contribution in [3.8, 4) is 6.07 Å². The average Bonchev–Trinajstić information content (AvgIpc) is 2.63. The minimum Gasteiger partial charge on any atom is -0.324 e. The SMILES string of the molecule is CC1CCc2nc(SCCC(=O)Nc3ccccc3F)c(C#N)cc2C1. The summed E-state index contributed by atoms with van der Waals surface area (Å²) in [6.45, 7) is 2.21. The van der Waals surface area contributed by atoms with Crippen LogP contribution in [0.2, 0.25) is 0 Å². The summed E-state index contributed by atoms with van der Waals surface area (Å²) in [5, 5.41) is 12.6. The minimum absolute atomic E-state index is 0.182. The molecule has 1 amide bonds. The number of fused-ring (bicyclic) bond motifs is 1. The highest BCUT2D eigenvalue weighted by Crippen LogP contribution is 2.29. The zero-order valence-electron chi connectivity index (χ0n) is 14.6. The number of nitrogens with zero attached hydrogens (tertiary/aromatic N) is 2. The third kappa shape index (κ3) is 4.41. The van der Waals surface area contributed by atoms with Crippen LogP contribution < -0.4 is 5.32 Å². The number of thioether (sulfide) groups is 1. The van der Waals surface area contributed by atoms with E-state index in [0.29, 0.717) is 22.3 Å². The topological polar surface area (TPSA) is 65.8 Å². The number of aromatic nitrogens is 1. The fourth-order valence-electron chi connectivity index (χ4n) is 3.03. The fraction of sp³-hybridized carbons (Fsp3) is 0.350. The Labute approximate surface area is 156 Å². The van der Waals surface area contributed by atoms with Gasteiger partial charge < -0.3 is 5.32 Å². The molecule has 3 rings (SSSR count). The maximum Gasteiger partial charge on any atom is 0.225 e. The number of carbonyl (C=O) groups excluding carboxylic acids is 1. The molecular formula is C20H20FN3OS. The van der Waals surface area contributed by atoms with Crippen molar-refractivity contribution >= 4 is 23.4 Å². The largest absolute Gasteiger partial charge is 0.324 e. The summed E-state index contributed by atoms with van der Waals surface area (Å²) >= 11 is 1.40. The number of carbonyl (C=O) groups is 1. The van der Waals surface area contributed by atoms with Crippen molar-refractivity contribution in [3.63, 3.8) is 0 Å². The molecule has 1 aromatic heterocycles. The van der Waals surface area contributed by atoms with Crippen molar-refractivity contribution in [3.05, 3.63) is 53.0 Å². The van der Waals surface area contributed by atoms with Crippen molar-refractivity contribution in [1.29, 1.82) is 5.26 Å². The first-order chi connectivity index (χ1) is 12.6. The van der Waals surface area contributed by atoms with Crippen LogP contribution in [0.25, 0.3) is 0 Å². The number of hydrogen-bond donors (Lipinski definition) is 1. The number of nitrogens with one attached hydrogen (secondary N) is 1. The molecule has 0 saturated carbocycles. The van der Waals surface area contributed by atoms with Gasteiger partial charge in [-0.25, -0.2) is 9.37 Å². The Morgan fingerprint density at radius 3 is 3.04 bits per heavy atom.